The first-order valence-corrected chi connectivity index (χ1v) is 12.6. The lowest BCUT2D eigenvalue weighted by Crippen LogP contribution is -2.57. The number of aldehydes is 1. The Hall–Kier alpha value is -4.01. The minimum Gasteiger partial charge on any atom is -0.465 e. The first-order valence-electron chi connectivity index (χ1n) is 12.6. The number of nitrogens with two attached hydrogens (primary N) is 1. The van der Waals surface area contributed by atoms with Crippen molar-refractivity contribution in [1.82, 2.24) is 24.4 Å². The summed E-state index contributed by atoms with van der Waals surface area (Å²) in [6.07, 6.45) is 6.71. The number of fused-ring (bicyclic) bond motifs is 4. The number of carbonyl (C=O) groups is 2. The summed E-state index contributed by atoms with van der Waals surface area (Å²) < 4.78 is 2.04. The van der Waals surface area contributed by atoms with Crippen LogP contribution in [-0.4, -0.2) is 53.0 Å². The van der Waals surface area contributed by atoms with Crippen molar-refractivity contribution in [3.8, 4) is 11.1 Å². The van der Waals surface area contributed by atoms with Gasteiger partial charge in [0, 0.05) is 39.3 Å². The maximum Gasteiger partial charge on any atom is 0.408 e. The monoisotopic (exact) mass is 498 g/mol. The highest BCUT2D eigenvalue weighted by Gasteiger charge is 2.61. The van der Waals surface area contributed by atoms with Gasteiger partial charge in [0.15, 0.2) is 6.29 Å². The number of carboxylic acid groups (broad SMARTS) is 1. The molecule has 2 aliphatic carbocycles. The molecule has 37 heavy (non-hydrogen) atoms. The minimum absolute atomic E-state index is 0.301. The quantitative estimate of drug-likeness (QED) is 0.369. The Labute approximate surface area is 214 Å². The van der Waals surface area contributed by atoms with E-state index in [0.29, 0.717) is 34.5 Å². The molecule has 3 heterocycles. The van der Waals surface area contributed by atoms with Gasteiger partial charge < -0.3 is 15.4 Å². The van der Waals surface area contributed by atoms with Crippen LogP contribution in [0.3, 0.4) is 0 Å². The maximum absolute atomic E-state index is 12.8. The predicted octanol–water partition coefficient (Wildman–Crippen LogP) is 5.23. The number of aromatic nitrogens is 4. The lowest BCUT2D eigenvalue weighted by atomic mass is 9.87. The van der Waals surface area contributed by atoms with E-state index >= 15 is 0 Å². The van der Waals surface area contributed by atoms with Crippen LogP contribution in [0.15, 0.2) is 42.9 Å². The zero-order valence-corrected chi connectivity index (χ0v) is 21.2. The molecule has 2 bridgehead atoms. The Morgan fingerprint density at radius 3 is 2.54 bits per heavy atom. The van der Waals surface area contributed by atoms with E-state index in [1.807, 2.05) is 55.7 Å². The van der Waals surface area contributed by atoms with Gasteiger partial charge in [-0.2, -0.15) is 0 Å². The van der Waals surface area contributed by atoms with Gasteiger partial charge in [0.25, 0.3) is 0 Å². The summed E-state index contributed by atoms with van der Waals surface area (Å²) in [6, 6.07) is 9.83. The SMILES string of the molecule is CC(C)(C)N(C(=O)O)C12CCC(n3c(C=O)c(-c4cnc5ccccc5c4)c4c(N)ncnc43)(CC1)C2. The highest BCUT2D eigenvalue weighted by molar-refractivity contribution is 6.08. The first kappa shape index (κ1) is 23.4. The van der Waals surface area contributed by atoms with E-state index < -0.39 is 22.7 Å². The lowest BCUT2D eigenvalue weighted by Gasteiger charge is -2.46. The van der Waals surface area contributed by atoms with Gasteiger partial charge in [-0.05, 0) is 65.0 Å². The van der Waals surface area contributed by atoms with E-state index in [4.69, 9.17) is 5.73 Å². The number of anilines is 1. The molecule has 3 aromatic heterocycles. The Morgan fingerprint density at radius 2 is 1.86 bits per heavy atom. The number of nitrogens with zero attached hydrogens (tertiary/aromatic N) is 5. The average Bonchev–Trinajstić information content (AvgIpc) is 3.51. The van der Waals surface area contributed by atoms with Crippen molar-refractivity contribution in [3.05, 3.63) is 48.5 Å². The molecule has 0 spiro atoms. The molecule has 4 aromatic rings. The second-order valence-corrected chi connectivity index (χ2v) is 11.5. The van der Waals surface area contributed by atoms with Crippen molar-refractivity contribution in [2.24, 2.45) is 0 Å². The highest BCUT2D eigenvalue weighted by atomic mass is 16.4. The molecule has 0 aliphatic heterocycles. The first-order chi connectivity index (χ1) is 17.6. The molecular weight excluding hydrogens is 468 g/mol. The summed E-state index contributed by atoms with van der Waals surface area (Å²) in [4.78, 5) is 40.4. The number of rotatable bonds is 4. The summed E-state index contributed by atoms with van der Waals surface area (Å²) in [5.74, 6) is 0.301. The van der Waals surface area contributed by atoms with Crippen molar-refractivity contribution in [3.63, 3.8) is 0 Å². The normalized spacial score (nSPS) is 23.1. The molecule has 2 fully saturated rings. The molecule has 0 atom stereocenters. The molecular formula is C28H30N6O3. The van der Waals surface area contributed by atoms with Crippen molar-refractivity contribution in [2.45, 2.75) is 69.5 Å². The summed E-state index contributed by atoms with van der Waals surface area (Å²) in [5, 5.41) is 11.8. The lowest BCUT2D eigenvalue weighted by molar-refractivity contribution is 0.0200. The van der Waals surface area contributed by atoms with E-state index in [1.54, 1.807) is 11.1 Å². The van der Waals surface area contributed by atoms with E-state index in [1.165, 1.54) is 6.33 Å². The van der Waals surface area contributed by atoms with Crippen LogP contribution in [0.1, 0.15) is 63.4 Å². The number of amides is 1. The van der Waals surface area contributed by atoms with E-state index in [9.17, 15) is 14.7 Å². The molecule has 2 aliphatic rings. The molecule has 0 saturated heterocycles. The van der Waals surface area contributed by atoms with Gasteiger partial charge in [0.2, 0.25) is 0 Å². The molecule has 1 amide bonds. The topological polar surface area (TPSA) is 127 Å². The van der Waals surface area contributed by atoms with Gasteiger partial charge in [-0.15, -0.1) is 0 Å². The largest absolute Gasteiger partial charge is 0.465 e. The summed E-state index contributed by atoms with van der Waals surface area (Å²) in [7, 11) is 0. The fourth-order valence-electron chi connectivity index (χ4n) is 7.20. The second kappa shape index (κ2) is 7.74. The third-order valence-electron chi connectivity index (χ3n) is 8.39. The van der Waals surface area contributed by atoms with E-state index in [2.05, 4.69) is 15.0 Å². The van der Waals surface area contributed by atoms with Gasteiger partial charge in [-0.1, -0.05) is 18.2 Å². The number of carbonyl (C=O) groups excluding carboxylic acids is 1. The number of para-hydroxylation sites is 1. The van der Waals surface area contributed by atoms with E-state index in [0.717, 1.165) is 48.4 Å². The van der Waals surface area contributed by atoms with Crippen molar-refractivity contribution < 1.29 is 14.7 Å². The van der Waals surface area contributed by atoms with Gasteiger partial charge in [-0.3, -0.25) is 14.7 Å². The molecule has 0 unspecified atom stereocenters. The van der Waals surface area contributed by atoms with Crippen molar-refractivity contribution >= 4 is 40.1 Å². The molecule has 3 N–H and O–H groups in total. The molecule has 9 nitrogen and oxygen atoms in total. The van der Waals surface area contributed by atoms with Gasteiger partial charge in [-0.25, -0.2) is 14.8 Å². The van der Waals surface area contributed by atoms with Gasteiger partial charge in [0.1, 0.15) is 17.8 Å². The van der Waals surface area contributed by atoms with Crippen LogP contribution < -0.4 is 5.73 Å². The van der Waals surface area contributed by atoms with Crippen LogP contribution in [-0.2, 0) is 5.54 Å². The molecule has 1 aromatic carbocycles. The van der Waals surface area contributed by atoms with Crippen LogP contribution in [0, 0.1) is 0 Å². The van der Waals surface area contributed by atoms with Gasteiger partial charge >= 0.3 is 6.09 Å². The molecule has 9 heteroatoms. The van der Waals surface area contributed by atoms with Crippen LogP contribution in [0.5, 0.6) is 0 Å². The second-order valence-electron chi connectivity index (χ2n) is 11.5. The molecule has 2 saturated carbocycles. The zero-order valence-electron chi connectivity index (χ0n) is 21.2. The standard InChI is InChI=1S/C28H30N6O3/c1-26(2,3)34(25(36)37)28-10-8-27(15-28,9-11-28)33-20(14-35)21(22-23(29)31-16-32-24(22)33)18-12-17-6-4-5-7-19(17)30-13-18/h4-7,12-14,16H,8-11,15H2,1-3H3,(H,36,37)(H2,29,31,32). The number of benzene rings is 1. The smallest absolute Gasteiger partial charge is 0.408 e. The highest BCUT2D eigenvalue weighted by Crippen LogP contribution is 2.60. The Kier molecular flexibility index (Phi) is 4.90. The Morgan fingerprint density at radius 1 is 1.14 bits per heavy atom. The fourth-order valence-corrected chi connectivity index (χ4v) is 7.20. The van der Waals surface area contributed by atoms with Gasteiger partial charge in [0.05, 0.1) is 16.6 Å². The Bertz CT molecular complexity index is 1580. The molecule has 0 radical (unpaired) electrons. The summed E-state index contributed by atoms with van der Waals surface area (Å²) in [6.45, 7) is 5.82. The third-order valence-corrected chi connectivity index (χ3v) is 8.39. The maximum atomic E-state index is 12.8. The minimum atomic E-state index is -0.910. The van der Waals surface area contributed by atoms with Crippen LogP contribution in [0.2, 0.25) is 0 Å². The molecule has 190 valence electrons. The number of hydrogen-bond acceptors (Lipinski definition) is 6. The van der Waals surface area contributed by atoms with Crippen LogP contribution in [0.4, 0.5) is 10.6 Å². The number of nitrogen functional groups attached to an aromatic ring is 1. The average molecular weight is 499 g/mol. The van der Waals surface area contributed by atoms with Crippen molar-refractivity contribution in [1.29, 1.82) is 0 Å². The molecule has 6 rings (SSSR count). The summed E-state index contributed by atoms with van der Waals surface area (Å²) >= 11 is 0. The van der Waals surface area contributed by atoms with Crippen molar-refractivity contribution in [2.75, 3.05) is 5.73 Å². The number of pyridine rings is 1. The fraction of sp³-hybridized carbons (Fsp3) is 0.393. The van der Waals surface area contributed by atoms with Crippen LogP contribution >= 0.6 is 0 Å². The Balaban J connectivity index is 1.58. The predicted molar refractivity (Wildman–Crippen MR) is 141 cm³/mol. The van der Waals surface area contributed by atoms with E-state index in [-0.39, 0.29) is 0 Å². The zero-order chi connectivity index (χ0) is 26.2. The van der Waals surface area contributed by atoms with Crippen LogP contribution in [0.25, 0.3) is 33.1 Å². The third kappa shape index (κ3) is 3.26. The summed E-state index contributed by atoms with van der Waals surface area (Å²) in [5.41, 5.74) is 8.32. The number of hydrogen-bond donors (Lipinski definition) is 2.